The number of carbonyl (C=O) groups excluding carboxylic acids is 4. The van der Waals surface area contributed by atoms with Crippen LogP contribution >= 0.6 is 0 Å². The van der Waals surface area contributed by atoms with Crippen molar-refractivity contribution < 1.29 is 43.7 Å². The number of amides is 4. The molecule has 4 amide bonds. The molecule has 1 aliphatic heterocycles. The summed E-state index contributed by atoms with van der Waals surface area (Å²) < 4.78 is 11.7. The Labute approximate surface area is 360 Å². The molecule has 62 heavy (non-hydrogen) atoms. The Bertz CT molecular complexity index is 2250. The molecular formula is C45H56N8O9. The minimum Gasteiger partial charge on any atom is -0.507 e. The largest absolute Gasteiger partial charge is 0.507 e. The van der Waals surface area contributed by atoms with E-state index in [2.05, 4.69) is 32.8 Å². The number of rotatable bonds is 16. The summed E-state index contributed by atoms with van der Waals surface area (Å²) in [6.45, 7) is 7.76. The molecule has 1 aromatic heterocycles. The van der Waals surface area contributed by atoms with Gasteiger partial charge in [0.2, 0.25) is 17.7 Å². The summed E-state index contributed by atoms with van der Waals surface area (Å²) in [4.78, 5) is 78.8. The lowest BCUT2D eigenvalue weighted by Gasteiger charge is -2.32. The van der Waals surface area contributed by atoms with Gasteiger partial charge in [0.25, 0.3) is 5.91 Å². The standard InChI is InChI=1S/C45H56N8O9/c1-6-7-8-20-61-31-13-10-29(11-14-31)40-48-25(2)38(26(3)49-40)42(56)51-34(17-18-46)44(58)53(5)39-30-12-15-36(54)32(24-30)33-22-28(9-16-37(33)62-21-19-47)23-35(45(59)60)52-41(55)27(4)50-43(39)57/h9-16,22,24,27,34-35,39,54H,6-8,17-21,23,46-47H2,1-5H3,(H,50,57)(H,51,56)(H,52,55)(H,59,60)/t27-,34?,35-,39-/m0/s1. The van der Waals surface area contributed by atoms with E-state index >= 15 is 0 Å². The molecule has 5 rings (SSSR count). The molecule has 330 valence electrons. The molecule has 0 radical (unpaired) electrons. The minimum atomic E-state index is -1.44. The first-order valence-corrected chi connectivity index (χ1v) is 20.7. The van der Waals surface area contributed by atoms with Gasteiger partial charge in [0.15, 0.2) is 5.82 Å². The van der Waals surface area contributed by atoms with E-state index in [9.17, 15) is 34.2 Å². The van der Waals surface area contributed by atoms with Crippen LogP contribution in [0.15, 0.2) is 60.7 Å². The number of aryl methyl sites for hydroxylation is 2. The number of phenolic OH excluding ortho intramolecular Hbond substituents is 1. The van der Waals surface area contributed by atoms with Gasteiger partial charge < -0.3 is 52.0 Å². The Morgan fingerprint density at radius 3 is 2.26 bits per heavy atom. The Hall–Kier alpha value is -6.59. The van der Waals surface area contributed by atoms with Crippen molar-refractivity contribution in [1.29, 1.82) is 0 Å². The molecule has 0 aliphatic carbocycles. The van der Waals surface area contributed by atoms with Crippen molar-refractivity contribution in [1.82, 2.24) is 30.8 Å². The van der Waals surface area contributed by atoms with E-state index in [0.29, 0.717) is 40.7 Å². The van der Waals surface area contributed by atoms with Gasteiger partial charge in [-0.05, 0) is 99.8 Å². The third-order valence-corrected chi connectivity index (χ3v) is 10.5. The first-order valence-electron chi connectivity index (χ1n) is 20.7. The van der Waals surface area contributed by atoms with Crippen molar-refractivity contribution in [2.75, 3.05) is 33.4 Å². The molecule has 0 saturated carbocycles. The molecule has 0 saturated heterocycles. The van der Waals surface area contributed by atoms with E-state index in [4.69, 9.17) is 20.9 Å². The minimum absolute atomic E-state index is 0.0136. The van der Waals surface area contributed by atoms with Gasteiger partial charge >= 0.3 is 5.97 Å². The highest BCUT2D eigenvalue weighted by Crippen LogP contribution is 2.39. The molecule has 4 aromatic rings. The van der Waals surface area contributed by atoms with Gasteiger partial charge in [-0.15, -0.1) is 0 Å². The number of carbonyl (C=O) groups is 5. The predicted molar refractivity (Wildman–Crippen MR) is 231 cm³/mol. The summed E-state index contributed by atoms with van der Waals surface area (Å²) in [5.74, 6) is -2.97. The number of ether oxygens (including phenoxy) is 2. The number of aromatic hydroxyl groups is 1. The lowest BCUT2D eigenvalue weighted by molar-refractivity contribution is -0.143. The quantitative estimate of drug-likeness (QED) is 0.0800. The maximum atomic E-state index is 14.5. The van der Waals surface area contributed by atoms with Crippen LogP contribution in [0.4, 0.5) is 0 Å². The van der Waals surface area contributed by atoms with Crippen molar-refractivity contribution in [2.45, 2.75) is 84.0 Å². The summed E-state index contributed by atoms with van der Waals surface area (Å²) >= 11 is 0. The molecule has 1 unspecified atom stereocenters. The van der Waals surface area contributed by atoms with E-state index in [-0.39, 0.29) is 55.0 Å². The molecule has 2 heterocycles. The monoisotopic (exact) mass is 852 g/mol. The molecular weight excluding hydrogens is 797 g/mol. The van der Waals surface area contributed by atoms with Crippen LogP contribution in [0.3, 0.4) is 0 Å². The fourth-order valence-electron chi connectivity index (χ4n) is 7.23. The number of carboxylic acids is 1. The summed E-state index contributed by atoms with van der Waals surface area (Å²) in [6.07, 6.45) is 3.01. The Morgan fingerprint density at radius 1 is 0.903 bits per heavy atom. The zero-order valence-electron chi connectivity index (χ0n) is 35.7. The number of carboxylic acid groups (broad SMARTS) is 1. The van der Waals surface area contributed by atoms with E-state index in [1.165, 1.54) is 32.2 Å². The second-order valence-electron chi connectivity index (χ2n) is 15.2. The van der Waals surface area contributed by atoms with Crippen molar-refractivity contribution in [3.05, 3.63) is 88.7 Å². The number of hydrogen-bond donors (Lipinski definition) is 7. The average Bonchev–Trinajstić information content (AvgIpc) is 3.24. The van der Waals surface area contributed by atoms with Crippen LogP contribution in [0.2, 0.25) is 0 Å². The summed E-state index contributed by atoms with van der Waals surface area (Å²) in [5, 5.41) is 29.1. The van der Waals surface area contributed by atoms with Gasteiger partial charge in [-0.25, -0.2) is 14.8 Å². The number of nitrogens with one attached hydrogen (secondary N) is 3. The van der Waals surface area contributed by atoms with Crippen LogP contribution in [0.25, 0.3) is 22.5 Å². The summed E-state index contributed by atoms with van der Waals surface area (Å²) in [7, 11) is 1.37. The number of unbranched alkanes of at least 4 members (excludes halogenated alkanes) is 2. The van der Waals surface area contributed by atoms with Crippen LogP contribution in [0.5, 0.6) is 17.2 Å². The first-order chi connectivity index (χ1) is 29.7. The third kappa shape index (κ3) is 11.2. The van der Waals surface area contributed by atoms with Crippen LogP contribution < -0.4 is 36.9 Å². The van der Waals surface area contributed by atoms with Crippen molar-refractivity contribution in [3.8, 4) is 39.8 Å². The fourth-order valence-corrected chi connectivity index (χ4v) is 7.23. The highest BCUT2D eigenvalue weighted by Gasteiger charge is 2.36. The predicted octanol–water partition coefficient (Wildman–Crippen LogP) is 3.32. The number of fused-ring (bicyclic) bond motifs is 5. The van der Waals surface area contributed by atoms with Gasteiger partial charge in [-0.3, -0.25) is 19.2 Å². The number of nitrogens with zero attached hydrogens (tertiary/aromatic N) is 3. The van der Waals surface area contributed by atoms with E-state index in [1.807, 2.05) is 24.3 Å². The molecule has 0 fully saturated rings. The first kappa shape index (κ1) is 46.5. The Kier molecular flexibility index (Phi) is 15.9. The maximum absolute atomic E-state index is 14.5. The van der Waals surface area contributed by atoms with Gasteiger partial charge in [-0.1, -0.05) is 31.9 Å². The van der Waals surface area contributed by atoms with Crippen molar-refractivity contribution in [2.24, 2.45) is 11.5 Å². The zero-order chi connectivity index (χ0) is 45.1. The average molecular weight is 853 g/mol. The maximum Gasteiger partial charge on any atom is 0.326 e. The number of hydrogen-bond acceptors (Lipinski definition) is 12. The van der Waals surface area contributed by atoms with Crippen LogP contribution in [0, 0.1) is 13.8 Å². The van der Waals surface area contributed by atoms with Crippen LogP contribution in [-0.2, 0) is 25.6 Å². The van der Waals surface area contributed by atoms with Gasteiger partial charge in [-0.2, -0.15) is 0 Å². The normalized spacial score (nSPS) is 16.9. The van der Waals surface area contributed by atoms with Gasteiger partial charge in [0.1, 0.15) is 48.0 Å². The lowest BCUT2D eigenvalue weighted by atomic mass is 9.93. The highest BCUT2D eigenvalue weighted by atomic mass is 16.5. The summed E-state index contributed by atoms with van der Waals surface area (Å²) in [5.41, 5.74) is 14.6. The molecule has 4 atom stereocenters. The molecule has 9 N–H and O–H groups in total. The molecule has 17 heteroatoms. The van der Waals surface area contributed by atoms with Gasteiger partial charge in [0, 0.05) is 36.7 Å². The van der Waals surface area contributed by atoms with Crippen LogP contribution in [0.1, 0.15) is 78.4 Å². The highest BCUT2D eigenvalue weighted by molar-refractivity contribution is 6.00. The smallest absolute Gasteiger partial charge is 0.326 e. The number of likely N-dealkylation sites (N-methyl/N-ethyl adjacent to an activating group) is 1. The number of nitrogens with two attached hydrogens (primary N) is 2. The molecule has 0 spiro atoms. The number of aliphatic carboxylic acids is 1. The SMILES string of the molecule is CCCCCOc1ccc(-c2nc(C)c(C(=O)NC(CCN)C(=O)N(C)[C@@H]3C(=O)N[C@@H](C)C(=O)N[C@H](C(=O)O)Cc4ccc(OCCN)c(c4)-c4cc3ccc4O)c(C)n2)cc1. The number of aromatic nitrogens is 2. The Morgan fingerprint density at radius 2 is 1.61 bits per heavy atom. The molecule has 3 aromatic carbocycles. The van der Waals surface area contributed by atoms with E-state index in [1.54, 1.807) is 32.0 Å². The Balaban J connectivity index is 1.48. The molecule has 4 bridgehead atoms. The second kappa shape index (κ2) is 21.3. The van der Waals surface area contributed by atoms with Crippen LogP contribution in [-0.4, -0.2) is 106 Å². The fraction of sp³-hybridized carbons (Fsp3) is 0.400. The molecule has 17 nitrogen and oxygen atoms in total. The number of benzene rings is 3. The van der Waals surface area contributed by atoms with Crippen molar-refractivity contribution in [3.63, 3.8) is 0 Å². The lowest BCUT2D eigenvalue weighted by Crippen LogP contribution is -2.55. The third-order valence-electron chi connectivity index (χ3n) is 10.5. The van der Waals surface area contributed by atoms with Gasteiger partial charge in [0.05, 0.1) is 23.6 Å². The second-order valence-corrected chi connectivity index (χ2v) is 15.2. The van der Waals surface area contributed by atoms with E-state index in [0.717, 1.165) is 35.5 Å². The zero-order valence-corrected chi connectivity index (χ0v) is 35.7. The topological polar surface area (TPSA) is 261 Å². The van der Waals surface area contributed by atoms with E-state index < -0.39 is 53.8 Å². The van der Waals surface area contributed by atoms with Crippen molar-refractivity contribution >= 4 is 29.6 Å². The summed E-state index contributed by atoms with van der Waals surface area (Å²) in [6, 6.07) is 11.3. The molecule has 1 aliphatic rings. The number of phenols is 1.